The summed E-state index contributed by atoms with van der Waals surface area (Å²) >= 11 is 0. The van der Waals surface area contributed by atoms with E-state index in [4.69, 9.17) is 0 Å². The van der Waals surface area contributed by atoms with Gasteiger partial charge in [-0.3, -0.25) is 0 Å². The number of anilines is 1. The SMILES string of the molecule is OCCCCC(P)(CCCCO)N(c1ccccc1)C(P)(CCCCO)CCCCO. The summed E-state index contributed by atoms with van der Waals surface area (Å²) in [5.41, 5.74) is 1.16. The van der Waals surface area contributed by atoms with E-state index in [2.05, 4.69) is 47.6 Å². The molecule has 0 radical (unpaired) electrons. The van der Waals surface area contributed by atoms with E-state index < -0.39 is 0 Å². The Kier molecular flexibility index (Phi) is 15.2. The zero-order valence-electron chi connectivity index (χ0n) is 19.1. The van der Waals surface area contributed by atoms with Crippen LogP contribution in [-0.2, 0) is 0 Å². The van der Waals surface area contributed by atoms with Gasteiger partial charge in [0.05, 0.1) is 10.6 Å². The normalized spacial score (nSPS) is 12.3. The Labute approximate surface area is 194 Å². The number of para-hydroxylation sites is 1. The van der Waals surface area contributed by atoms with Crippen molar-refractivity contribution in [2.24, 2.45) is 0 Å². The molecule has 0 heterocycles. The second-order valence-electron chi connectivity index (χ2n) is 8.60. The first kappa shape index (κ1) is 28.8. The maximum absolute atomic E-state index is 9.37. The summed E-state index contributed by atoms with van der Waals surface area (Å²) < 4.78 is 0. The molecular weight excluding hydrogens is 428 g/mol. The van der Waals surface area contributed by atoms with Gasteiger partial charge in [0.2, 0.25) is 0 Å². The third-order valence-electron chi connectivity index (χ3n) is 5.98. The van der Waals surface area contributed by atoms with Gasteiger partial charge in [0, 0.05) is 32.1 Å². The second kappa shape index (κ2) is 16.4. The van der Waals surface area contributed by atoms with Crippen LogP contribution in [0.2, 0.25) is 0 Å². The number of hydrogen-bond donors (Lipinski definition) is 4. The number of hydrogen-bond acceptors (Lipinski definition) is 5. The molecule has 2 atom stereocenters. The van der Waals surface area contributed by atoms with Gasteiger partial charge in [0.15, 0.2) is 0 Å². The Morgan fingerprint density at radius 2 is 0.871 bits per heavy atom. The Hall–Kier alpha value is -0.280. The third-order valence-corrected chi connectivity index (χ3v) is 7.65. The molecule has 5 nitrogen and oxygen atoms in total. The number of rotatable bonds is 19. The van der Waals surface area contributed by atoms with Crippen molar-refractivity contribution >= 4 is 24.2 Å². The molecule has 0 saturated carbocycles. The van der Waals surface area contributed by atoms with Gasteiger partial charge in [0.1, 0.15) is 0 Å². The molecule has 0 aromatic heterocycles. The minimum atomic E-state index is -0.216. The molecule has 1 rings (SSSR count). The van der Waals surface area contributed by atoms with Crippen molar-refractivity contribution in [2.45, 2.75) is 87.6 Å². The number of unbranched alkanes of at least 4 members (excludes halogenated alkanes) is 4. The van der Waals surface area contributed by atoms with Gasteiger partial charge in [-0.25, -0.2) is 0 Å². The van der Waals surface area contributed by atoms with Crippen molar-refractivity contribution in [1.29, 1.82) is 0 Å². The largest absolute Gasteiger partial charge is 0.396 e. The molecule has 0 fully saturated rings. The van der Waals surface area contributed by atoms with E-state index in [9.17, 15) is 20.4 Å². The smallest absolute Gasteiger partial charge is 0.0549 e. The average Bonchev–Trinajstić information content (AvgIpc) is 2.75. The van der Waals surface area contributed by atoms with Crippen LogP contribution < -0.4 is 4.90 Å². The van der Waals surface area contributed by atoms with E-state index in [1.54, 1.807) is 0 Å². The third kappa shape index (κ3) is 10.0. The number of aliphatic hydroxyl groups excluding tert-OH is 4. The van der Waals surface area contributed by atoms with Crippen LogP contribution >= 0.6 is 18.5 Å². The lowest BCUT2D eigenvalue weighted by atomic mass is 9.93. The predicted molar refractivity (Wildman–Crippen MR) is 138 cm³/mol. The summed E-state index contributed by atoms with van der Waals surface area (Å²) in [6.45, 7) is 0.785. The van der Waals surface area contributed by atoms with Gasteiger partial charge in [-0.1, -0.05) is 18.2 Å². The van der Waals surface area contributed by atoms with Crippen LogP contribution in [0.5, 0.6) is 0 Å². The maximum Gasteiger partial charge on any atom is 0.0549 e. The van der Waals surface area contributed by atoms with Crippen molar-refractivity contribution in [3.63, 3.8) is 0 Å². The molecule has 0 aliphatic carbocycles. The molecule has 0 aliphatic rings. The van der Waals surface area contributed by atoms with Crippen molar-refractivity contribution in [2.75, 3.05) is 31.3 Å². The quantitative estimate of drug-likeness (QED) is 0.178. The minimum absolute atomic E-state index is 0.196. The lowest BCUT2D eigenvalue weighted by Gasteiger charge is -2.54. The van der Waals surface area contributed by atoms with Gasteiger partial charge < -0.3 is 25.3 Å². The predicted octanol–water partition coefficient (Wildman–Crippen LogP) is 4.29. The zero-order valence-corrected chi connectivity index (χ0v) is 21.4. The van der Waals surface area contributed by atoms with Gasteiger partial charge in [-0.2, -0.15) is 0 Å². The van der Waals surface area contributed by atoms with E-state index in [-0.39, 0.29) is 37.0 Å². The molecule has 0 saturated heterocycles. The molecule has 0 bridgehead atoms. The number of nitrogens with zero attached hydrogens (tertiary/aromatic N) is 1. The summed E-state index contributed by atoms with van der Waals surface area (Å²) in [4.78, 5) is 2.54. The van der Waals surface area contributed by atoms with Gasteiger partial charge in [-0.05, 0) is 89.2 Å². The van der Waals surface area contributed by atoms with Gasteiger partial charge in [-0.15, -0.1) is 18.5 Å². The first-order valence-electron chi connectivity index (χ1n) is 11.8. The molecule has 7 heteroatoms. The van der Waals surface area contributed by atoms with Gasteiger partial charge in [0.25, 0.3) is 0 Å². The second-order valence-corrected chi connectivity index (χ2v) is 10.8. The van der Waals surface area contributed by atoms with Crippen LogP contribution in [0, 0.1) is 0 Å². The molecule has 31 heavy (non-hydrogen) atoms. The van der Waals surface area contributed by atoms with Crippen molar-refractivity contribution < 1.29 is 20.4 Å². The van der Waals surface area contributed by atoms with E-state index in [0.29, 0.717) is 0 Å². The van der Waals surface area contributed by atoms with Crippen molar-refractivity contribution in [3.05, 3.63) is 30.3 Å². The van der Waals surface area contributed by atoms with E-state index in [0.717, 1.165) is 82.7 Å². The molecule has 0 aliphatic heterocycles. The topological polar surface area (TPSA) is 84.2 Å². The van der Waals surface area contributed by atoms with E-state index in [1.165, 1.54) is 0 Å². The van der Waals surface area contributed by atoms with Crippen LogP contribution in [0.3, 0.4) is 0 Å². The number of aliphatic hydroxyl groups is 4. The van der Waals surface area contributed by atoms with Crippen LogP contribution in [0.15, 0.2) is 30.3 Å². The van der Waals surface area contributed by atoms with E-state index in [1.807, 2.05) is 6.07 Å². The molecule has 4 N–H and O–H groups in total. The Bertz CT molecular complexity index is 512. The fourth-order valence-electron chi connectivity index (χ4n) is 4.40. The lowest BCUT2D eigenvalue weighted by molar-refractivity contribution is 0.255. The summed E-state index contributed by atoms with van der Waals surface area (Å²) in [5.74, 6) is 0. The Balaban J connectivity index is 3.37. The van der Waals surface area contributed by atoms with Crippen molar-refractivity contribution in [3.8, 4) is 0 Å². The first-order chi connectivity index (χ1) is 15.0. The molecule has 0 amide bonds. The lowest BCUT2D eigenvalue weighted by Crippen LogP contribution is -2.56. The number of benzene rings is 1. The van der Waals surface area contributed by atoms with Crippen LogP contribution in [0.1, 0.15) is 77.0 Å². The molecule has 2 unspecified atom stereocenters. The van der Waals surface area contributed by atoms with Gasteiger partial charge >= 0.3 is 0 Å². The molecule has 1 aromatic carbocycles. The summed E-state index contributed by atoms with van der Waals surface area (Å²) in [6, 6.07) is 10.5. The Morgan fingerprint density at radius 3 is 1.16 bits per heavy atom. The fourth-order valence-corrected chi connectivity index (χ4v) is 6.18. The fraction of sp³-hybridized carbons (Fsp3) is 0.750. The average molecular weight is 474 g/mol. The van der Waals surface area contributed by atoms with Crippen LogP contribution in [0.25, 0.3) is 0 Å². The monoisotopic (exact) mass is 473 g/mol. The highest BCUT2D eigenvalue weighted by molar-refractivity contribution is 7.21. The molecular formula is C24H45NO4P2. The molecule has 180 valence electrons. The highest BCUT2D eigenvalue weighted by atomic mass is 31.0. The van der Waals surface area contributed by atoms with Crippen LogP contribution in [-0.4, -0.2) is 57.4 Å². The summed E-state index contributed by atoms with van der Waals surface area (Å²) in [7, 11) is 6.28. The summed E-state index contributed by atoms with van der Waals surface area (Å²) in [6.07, 6.45) is 10.5. The molecule has 0 spiro atoms. The summed E-state index contributed by atoms with van der Waals surface area (Å²) in [5, 5.41) is 37.1. The first-order valence-corrected chi connectivity index (χ1v) is 13.0. The van der Waals surface area contributed by atoms with Crippen LogP contribution in [0.4, 0.5) is 5.69 Å². The maximum atomic E-state index is 9.37. The Morgan fingerprint density at radius 1 is 0.548 bits per heavy atom. The zero-order chi connectivity index (χ0) is 23.0. The van der Waals surface area contributed by atoms with E-state index >= 15 is 0 Å². The van der Waals surface area contributed by atoms with Crippen molar-refractivity contribution in [1.82, 2.24) is 0 Å². The highest BCUT2D eigenvalue weighted by Gasteiger charge is 2.42. The minimum Gasteiger partial charge on any atom is -0.396 e. The highest BCUT2D eigenvalue weighted by Crippen LogP contribution is 2.49. The molecule has 1 aromatic rings. The standard InChI is InChI=1S/C24H45NO4P2/c26-18-8-4-14-23(30,15-5-9-19-27)25(22-12-2-1-3-13-22)24(31,16-6-10-20-28)17-7-11-21-29/h1-3,12-13,26-29H,4-11,14-21,30-31H2.